The summed E-state index contributed by atoms with van der Waals surface area (Å²) in [5.41, 5.74) is -0.0370. The fraction of sp³-hybridized carbons (Fsp3) is 1.00. The summed E-state index contributed by atoms with van der Waals surface area (Å²) in [6.45, 7) is 2.57. The molecular formula is C17H31NO2. The van der Waals surface area contributed by atoms with Gasteiger partial charge >= 0.3 is 0 Å². The van der Waals surface area contributed by atoms with Crippen molar-refractivity contribution in [2.75, 3.05) is 6.61 Å². The molecule has 0 bridgehead atoms. The molecule has 0 aromatic carbocycles. The van der Waals surface area contributed by atoms with Crippen LogP contribution in [0.2, 0.25) is 0 Å². The van der Waals surface area contributed by atoms with Gasteiger partial charge in [-0.1, -0.05) is 26.2 Å². The van der Waals surface area contributed by atoms with Crippen molar-refractivity contribution in [3.63, 3.8) is 0 Å². The molecule has 2 N–H and O–H groups in total. The van der Waals surface area contributed by atoms with Gasteiger partial charge in [0.15, 0.2) is 0 Å². The minimum Gasteiger partial charge on any atom is -0.394 e. The van der Waals surface area contributed by atoms with Gasteiger partial charge in [0.2, 0.25) is 0 Å². The van der Waals surface area contributed by atoms with E-state index in [-0.39, 0.29) is 12.1 Å². The summed E-state index contributed by atoms with van der Waals surface area (Å²) in [5.74, 6) is 0.877. The molecule has 3 rings (SSSR count). The Morgan fingerprint density at radius 2 is 2.00 bits per heavy atom. The minimum atomic E-state index is -0.0370. The lowest BCUT2D eigenvalue weighted by molar-refractivity contribution is -0.0416. The SMILES string of the molecule is CCC1CCCC(OC2CCC(CO)(NC3CC3)C2)C1. The van der Waals surface area contributed by atoms with Crippen LogP contribution in [-0.4, -0.2) is 35.5 Å². The normalized spacial score (nSPS) is 42.0. The van der Waals surface area contributed by atoms with Crippen LogP contribution in [0.3, 0.4) is 0 Å². The molecule has 3 aliphatic carbocycles. The second-order valence-corrected chi connectivity index (χ2v) is 7.42. The molecule has 4 atom stereocenters. The molecule has 0 heterocycles. The van der Waals surface area contributed by atoms with Crippen molar-refractivity contribution in [3.8, 4) is 0 Å². The van der Waals surface area contributed by atoms with Gasteiger partial charge in [-0.2, -0.15) is 0 Å². The van der Waals surface area contributed by atoms with Crippen molar-refractivity contribution in [1.29, 1.82) is 0 Å². The first-order valence-electron chi connectivity index (χ1n) is 8.77. The van der Waals surface area contributed by atoms with Gasteiger partial charge in [-0.25, -0.2) is 0 Å². The van der Waals surface area contributed by atoms with E-state index in [1.165, 1.54) is 44.9 Å². The first-order valence-corrected chi connectivity index (χ1v) is 8.77. The van der Waals surface area contributed by atoms with Crippen LogP contribution < -0.4 is 5.32 Å². The Bertz CT molecular complexity index is 318. The van der Waals surface area contributed by atoms with Crippen molar-refractivity contribution in [1.82, 2.24) is 5.32 Å². The van der Waals surface area contributed by atoms with Crippen molar-refractivity contribution >= 4 is 0 Å². The van der Waals surface area contributed by atoms with E-state index in [2.05, 4.69) is 12.2 Å². The minimum absolute atomic E-state index is 0.0370. The highest BCUT2D eigenvalue weighted by Crippen LogP contribution is 2.37. The van der Waals surface area contributed by atoms with Crippen LogP contribution in [0.15, 0.2) is 0 Å². The second-order valence-electron chi connectivity index (χ2n) is 7.42. The molecule has 3 heteroatoms. The Morgan fingerprint density at radius 1 is 1.15 bits per heavy atom. The van der Waals surface area contributed by atoms with Crippen LogP contribution in [0, 0.1) is 5.92 Å². The average molecular weight is 281 g/mol. The monoisotopic (exact) mass is 281 g/mol. The summed E-state index contributed by atoms with van der Waals surface area (Å²) >= 11 is 0. The van der Waals surface area contributed by atoms with Gasteiger partial charge in [0, 0.05) is 11.6 Å². The van der Waals surface area contributed by atoms with Crippen LogP contribution >= 0.6 is 0 Å². The van der Waals surface area contributed by atoms with E-state index >= 15 is 0 Å². The molecule has 0 radical (unpaired) electrons. The molecular weight excluding hydrogens is 250 g/mol. The van der Waals surface area contributed by atoms with E-state index in [4.69, 9.17) is 4.74 Å². The van der Waals surface area contributed by atoms with Crippen LogP contribution in [0.4, 0.5) is 0 Å². The summed E-state index contributed by atoms with van der Waals surface area (Å²) in [7, 11) is 0. The Labute approximate surface area is 123 Å². The Morgan fingerprint density at radius 3 is 2.70 bits per heavy atom. The molecule has 3 fully saturated rings. The molecule has 0 saturated heterocycles. The molecule has 0 aromatic heterocycles. The summed E-state index contributed by atoms with van der Waals surface area (Å²) in [5, 5.41) is 13.5. The number of ether oxygens (including phenoxy) is 1. The zero-order valence-electron chi connectivity index (χ0n) is 12.9. The number of nitrogens with one attached hydrogen (secondary N) is 1. The highest BCUT2D eigenvalue weighted by atomic mass is 16.5. The number of aliphatic hydroxyl groups is 1. The zero-order chi connectivity index (χ0) is 14.0. The summed E-state index contributed by atoms with van der Waals surface area (Å²) < 4.78 is 6.39. The van der Waals surface area contributed by atoms with E-state index in [9.17, 15) is 5.11 Å². The molecule has 0 aromatic rings. The first kappa shape index (κ1) is 14.8. The van der Waals surface area contributed by atoms with E-state index in [0.717, 1.165) is 25.2 Å². The lowest BCUT2D eigenvalue weighted by Crippen LogP contribution is -2.48. The van der Waals surface area contributed by atoms with Gasteiger partial charge in [0.25, 0.3) is 0 Å². The van der Waals surface area contributed by atoms with Crippen molar-refractivity contribution in [3.05, 3.63) is 0 Å². The summed E-state index contributed by atoms with van der Waals surface area (Å²) in [6.07, 6.45) is 13.2. The predicted molar refractivity (Wildman–Crippen MR) is 80.7 cm³/mol. The number of aliphatic hydroxyl groups excluding tert-OH is 1. The maximum absolute atomic E-state index is 9.78. The molecule has 3 saturated carbocycles. The van der Waals surface area contributed by atoms with Crippen molar-refractivity contribution in [2.24, 2.45) is 5.92 Å². The van der Waals surface area contributed by atoms with Crippen molar-refractivity contribution < 1.29 is 9.84 Å². The van der Waals surface area contributed by atoms with Gasteiger partial charge in [0.05, 0.1) is 18.8 Å². The molecule has 0 aliphatic heterocycles. The van der Waals surface area contributed by atoms with E-state index in [1.807, 2.05) is 0 Å². The molecule has 0 amide bonds. The number of hydrogen-bond donors (Lipinski definition) is 2. The van der Waals surface area contributed by atoms with Gasteiger partial charge in [0.1, 0.15) is 0 Å². The summed E-state index contributed by atoms with van der Waals surface area (Å²) in [6, 6.07) is 0.667. The highest BCUT2D eigenvalue weighted by molar-refractivity contribution is 5.01. The topological polar surface area (TPSA) is 41.5 Å². The largest absolute Gasteiger partial charge is 0.394 e. The van der Waals surface area contributed by atoms with Crippen LogP contribution in [0.5, 0.6) is 0 Å². The average Bonchev–Trinajstić information content (AvgIpc) is 3.19. The molecule has 3 aliphatic rings. The van der Waals surface area contributed by atoms with Gasteiger partial charge in [-0.05, 0) is 50.9 Å². The lowest BCUT2D eigenvalue weighted by atomic mass is 9.85. The Hall–Kier alpha value is -0.120. The molecule has 20 heavy (non-hydrogen) atoms. The van der Waals surface area contributed by atoms with E-state index in [0.29, 0.717) is 18.2 Å². The van der Waals surface area contributed by atoms with Crippen LogP contribution in [0.25, 0.3) is 0 Å². The fourth-order valence-corrected chi connectivity index (χ4v) is 4.18. The second kappa shape index (κ2) is 6.33. The zero-order valence-corrected chi connectivity index (χ0v) is 12.9. The summed E-state index contributed by atoms with van der Waals surface area (Å²) in [4.78, 5) is 0. The molecule has 0 spiro atoms. The Kier molecular flexibility index (Phi) is 4.68. The van der Waals surface area contributed by atoms with Gasteiger partial charge in [-0.15, -0.1) is 0 Å². The fourth-order valence-electron chi connectivity index (χ4n) is 4.18. The maximum Gasteiger partial charge on any atom is 0.0614 e. The standard InChI is InChI=1S/C17H31NO2/c1-2-13-4-3-5-15(10-13)20-16-8-9-17(11-16,12-19)18-14-6-7-14/h13-16,18-19H,2-12H2,1H3. The first-order chi connectivity index (χ1) is 9.73. The van der Waals surface area contributed by atoms with Crippen LogP contribution in [-0.2, 0) is 4.74 Å². The predicted octanol–water partition coefficient (Wildman–Crippen LogP) is 3.01. The van der Waals surface area contributed by atoms with E-state index in [1.54, 1.807) is 0 Å². The van der Waals surface area contributed by atoms with Gasteiger partial charge < -0.3 is 15.2 Å². The smallest absolute Gasteiger partial charge is 0.0614 e. The molecule has 3 nitrogen and oxygen atoms in total. The highest BCUT2D eigenvalue weighted by Gasteiger charge is 2.43. The number of hydrogen-bond acceptors (Lipinski definition) is 3. The molecule has 116 valence electrons. The third kappa shape index (κ3) is 3.55. The van der Waals surface area contributed by atoms with Crippen LogP contribution in [0.1, 0.15) is 71.1 Å². The number of rotatable bonds is 6. The third-order valence-electron chi connectivity index (χ3n) is 5.65. The van der Waals surface area contributed by atoms with Gasteiger partial charge in [-0.3, -0.25) is 0 Å². The molecule has 4 unspecified atom stereocenters. The van der Waals surface area contributed by atoms with E-state index < -0.39 is 0 Å². The van der Waals surface area contributed by atoms with Crippen molar-refractivity contribution in [2.45, 2.75) is 94.9 Å². The quantitative estimate of drug-likeness (QED) is 0.786. The maximum atomic E-state index is 9.78. The lowest BCUT2D eigenvalue weighted by Gasteiger charge is -2.32. The third-order valence-corrected chi connectivity index (χ3v) is 5.65. The Balaban J connectivity index is 1.48.